The zero-order chi connectivity index (χ0) is 15.5. The highest BCUT2D eigenvalue weighted by molar-refractivity contribution is 6.01. The van der Waals surface area contributed by atoms with Crippen LogP contribution in [0.15, 0.2) is 0 Å². The second-order valence-electron chi connectivity index (χ2n) is 6.42. The number of rotatable bonds is 3. The molecular formula is C16H26O5. The minimum absolute atomic E-state index is 0.128. The van der Waals surface area contributed by atoms with Gasteiger partial charge in [0.15, 0.2) is 5.41 Å². The van der Waals surface area contributed by atoms with Crippen LogP contribution >= 0.6 is 0 Å². The van der Waals surface area contributed by atoms with Crippen molar-refractivity contribution in [3.05, 3.63) is 0 Å². The molecule has 2 rings (SSSR count). The number of esters is 2. The normalized spacial score (nSPS) is 29.7. The van der Waals surface area contributed by atoms with E-state index in [-0.39, 0.29) is 11.8 Å². The summed E-state index contributed by atoms with van der Waals surface area (Å²) in [6, 6.07) is 0. The van der Waals surface area contributed by atoms with Crippen LogP contribution in [0.5, 0.6) is 0 Å². The summed E-state index contributed by atoms with van der Waals surface area (Å²) in [5.41, 5.74) is -1.30. The molecule has 1 heterocycles. The molecule has 21 heavy (non-hydrogen) atoms. The highest BCUT2D eigenvalue weighted by atomic mass is 16.6. The summed E-state index contributed by atoms with van der Waals surface area (Å²) in [5.74, 6) is -0.680. The van der Waals surface area contributed by atoms with Gasteiger partial charge in [0.05, 0.1) is 20.3 Å². The van der Waals surface area contributed by atoms with Gasteiger partial charge in [0.1, 0.15) is 0 Å². The molecule has 0 aromatic carbocycles. The highest BCUT2D eigenvalue weighted by Crippen LogP contribution is 2.45. The van der Waals surface area contributed by atoms with Crippen LogP contribution < -0.4 is 0 Å². The van der Waals surface area contributed by atoms with Crippen LogP contribution in [0.1, 0.15) is 45.4 Å². The van der Waals surface area contributed by atoms with E-state index in [0.29, 0.717) is 13.0 Å². The molecule has 0 N–H and O–H groups in total. The zero-order valence-corrected chi connectivity index (χ0v) is 13.2. The van der Waals surface area contributed by atoms with Gasteiger partial charge in [0.2, 0.25) is 0 Å². The molecule has 0 aromatic rings. The van der Waals surface area contributed by atoms with Gasteiger partial charge < -0.3 is 14.2 Å². The molecule has 2 aliphatic rings. The van der Waals surface area contributed by atoms with Gasteiger partial charge in [-0.1, -0.05) is 26.2 Å². The zero-order valence-electron chi connectivity index (χ0n) is 13.2. The maximum Gasteiger partial charge on any atom is 0.325 e. The Morgan fingerprint density at radius 3 is 2.14 bits per heavy atom. The van der Waals surface area contributed by atoms with Crippen molar-refractivity contribution in [3.63, 3.8) is 0 Å². The first-order valence-electron chi connectivity index (χ1n) is 7.84. The van der Waals surface area contributed by atoms with E-state index in [1.54, 1.807) is 0 Å². The van der Waals surface area contributed by atoms with Crippen LogP contribution in [0, 0.1) is 17.3 Å². The summed E-state index contributed by atoms with van der Waals surface area (Å²) < 4.78 is 15.9. The minimum atomic E-state index is -1.30. The smallest absolute Gasteiger partial charge is 0.325 e. The summed E-state index contributed by atoms with van der Waals surface area (Å²) in [6.45, 7) is 2.56. The molecule has 0 aromatic heterocycles. The average Bonchev–Trinajstić information content (AvgIpc) is 2.53. The molecule has 2 fully saturated rings. The quantitative estimate of drug-likeness (QED) is 0.591. The lowest BCUT2D eigenvalue weighted by Crippen LogP contribution is -2.58. The van der Waals surface area contributed by atoms with E-state index < -0.39 is 23.5 Å². The molecule has 2 atom stereocenters. The predicted molar refractivity (Wildman–Crippen MR) is 76.6 cm³/mol. The topological polar surface area (TPSA) is 61.8 Å². The molecule has 0 spiro atoms. The number of methoxy groups -OCH3 is 2. The molecule has 1 aliphatic heterocycles. The van der Waals surface area contributed by atoms with E-state index in [2.05, 4.69) is 0 Å². The molecular weight excluding hydrogens is 272 g/mol. The van der Waals surface area contributed by atoms with Crippen LogP contribution in [0.25, 0.3) is 0 Å². The van der Waals surface area contributed by atoms with E-state index in [1.807, 2.05) is 6.92 Å². The first-order valence-corrected chi connectivity index (χ1v) is 7.84. The third kappa shape index (κ3) is 2.93. The number of carbonyl (C=O) groups excluding carboxylic acids is 2. The Morgan fingerprint density at radius 2 is 1.62 bits per heavy atom. The monoisotopic (exact) mass is 298 g/mol. The molecule has 0 unspecified atom stereocenters. The van der Waals surface area contributed by atoms with Gasteiger partial charge in [0, 0.05) is 6.61 Å². The van der Waals surface area contributed by atoms with Crippen molar-refractivity contribution >= 4 is 11.9 Å². The fraction of sp³-hybridized carbons (Fsp3) is 0.875. The maximum atomic E-state index is 12.5. The van der Waals surface area contributed by atoms with Crippen LogP contribution in [-0.2, 0) is 23.8 Å². The minimum Gasteiger partial charge on any atom is -0.468 e. The fourth-order valence-corrected chi connectivity index (χ4v) is 3.96. The van der Waals surface area contributed by atoms with E-state index in [9.17, 15) is 9.59 Å². The lowest BCUT2D eigenvalue weighted by Gasteiger charge is -2.45. The Bertz CT molecular complexity index is 370. The summed E-state index contributed by atoms with van der Waals surface area (Å²) in [4.78, 5) is 25.0. The van der Waals surface area contributed by atoms with Crippen LogP contribution in [-0.4, -0.2) is 38.9 Å². The molecule has 0 bridgehead atoms. The third-order valence-corrected chi connectivity index (χ3v) is 4.89. The van der Waals surface area contributed by atoms with Gasteiger partial charge >= 0.3 is 11.9 Å². The SMILES string of the molecule is COC(=O)C1(C(=O)OC)C[C@@H](C)CO[C@H]1C1CCCCC1. The van der Waals surface area contributed by atoms with Crippen LogP contribution in [0.2, 0.25) is 0 Å². The lowest BCUT2D eigenvalue weighted by molar-refractivity contribution is -0.201. The molecule has 5 heteroatoms. The summed E-state index contributed by atoms with van der Waals surface area (Å²) >= 11 is 0. The van der Waals surface area contributed by atoms with Gasteiger partial charge in [-0.15, -0.1) is 0 Å². The largest absolute Gasteiger partial charge is 0.468 e. The summed E-state index contributed by atoms with van der Waals surface area (Å²) in [7, 11) is 2.65. The van der Waals surface area contributed by atoms with E-state index in [0.717, 1.165) is 25.7 Å². The van der Waals surface area contributed by atoms with E-state index >= 15 is 0 Å². The first-order chi connectivity index (χ1) is 10.1. The van der Waals surface area contributed by atoms with Gasteiger partial charge in [-0.05, 0) is 31.1 Å². The first kappa shape index (κ1) is 16.3. The fourth-order valence-electron chi connectivity index (χ4n) is 3.96. The third-order valence-electron chi connectivity index (χ3n) is 4.89. The molecule has 1 saturated carbocycles. The number of carbonyl (C=O) groups is 2. The van der Waals surface area contributed by atoms with Gasteiger partial charge in [0.25, 0.3) is 0 Å². The molecule has 0 amide bonds. The van der Waals surface area contributed by atoms with Crippen LogP contribution in [0.3, 0.4) is 0 Å². The van der Waals surface area contributed by atoms with Crippen molar-refractivity contribution in [2.45, 2.75) is 51.6 Å². The van der Waals surface area contributed by atoms with Crippen molar-refractivity contribution in [2.75, 3.05) is 20.8 Å². The van der Waals surface area contributed by atoms with Crippen molar-refractivity contribution < 1.29 is 23.8 Å². The molecule has 5 nitrogen and oxygen atoms in total. The Morgan fingerprint density at radius 1 is 1.05 bits per heavy atom. The van der Waals surface area contributed by atoms with Gasteiger partial charge in [-0.3, -0.25) is 9.59 Å². The lowest BCUT2D eigenvalue weighted by atomic mass is 9.66. The number of ether oxygens (including phenoxy) is 3. The van der Waals surface area contributed by atoms with Gasteiger partial charge in [-0.2, -0.15) is 0 Å². The van der Waals surface area contributed by atoms with E-state index in [4.69, 9.17) is 14.2 Å². The van der Waals surface area contributed by atoms with E-state index in [1.165, 1.54) is 20.6 Å². The predicted octanol–water partition coefficient (Wildman–Crippen LogP) is 2.32. The van der Waals surface area contributed by atoms with Crippen molar-refractivity contribution in [2.24, 2.45) is 17.3 Å². The maximum absolute atomic E-state index is 12.5. The van der Waals surface area contributed by atoms with Crippen molar-refractivity contribution in [3.8, 4) is 0 Å². The Hall–Kier alpha value is -1.10. The number of hydrogen-bond donors (Lipinski definition) is 0. The molecule has 0 radical (unpaired) electrons. The summed E-state index contributed by atoms with van der Waals surface area (Å²) in [5, 5.41) is 0. The standard InChI is InChI=1S/C16H26O5/c1-11-9-16(14(17)19-2,15(18)20-3)13(21-10-11)12-7-5-4-6-8-12/h11-13H,4-10H2,1-3H3/t11-,13+/m1/s1. The second kappa shape index (κ2) is 6.77. The Balaban J connectivity index is 2.37. The van der Waals surface area contributed by atoms with Crippen molar-refractivity contribution in [1.29, 1.82) is 0 Å². The Kier molecular flexibility index (Phi) is 5.25. The van der Waals surface area contributed by atoms with Gasteiger partial charge in [-0.25, -0.2) is 0 Å². The molecule has 120 valence electrons. The molecule has 1 saturated heterocycles. The Labute approximate surface area is 126 Å². The van der Waals surface area contributed by atoms with Crippen LogP contribution in [0.4, 0.5) is 0 Å². The molecule has 1 aliphatic carbocycles. The van der Waals surface area contributed by atoms with Crippen molar-refractivity contribution in [1.82, 2.24) is 0 Å². The summed E-state index contributed by atoms with van der Waals surface area (Å²) in [6.07, 6.45) is 5.46. The average molecular weight is 298 g/mol. The highest BCUT2D eigenvalue weighted by Gasteiger charge is 2.60. The number of hydrogen-bond acceptors (Lipinski definition) is 5. The second-order valence-corrected chi connectivity index (χ2v) is 6.42.